The van der Waals surface area contributed by atoms with Crippen molar-refractivity contribution >= 4 is 17.5 Å². The summed E-state index contributed by atoms with van der Waals surface area (Å²) >= 11 is 0. The number of benzene rings is 2. The van der Waals surface area contributed by atoms with Crippen molar-refractivity contribution in [2.45, 2.75) is 6.54 Å². The molecule has 0 atom stereocenters. The molecule has 0 aliphatic heterocycles. The summed E-state index contributed by atoms with van der Waals surface area (Å²) < 4.78 is 0. The van der Waals surface area contributed by atoms with Gasteiger partial charge in [0.1, 0.15) is 0 Å². The lowest BCUT2D eigenvalue weighted by atomic mass is 10.1. The highest BCUT2D eigenvalue weighted by Crippen LogP contribution is 2.13. The summed E-state index contributed by atoms with van der Waals surface area (Å²) in [6.07, 6.45) is 0. The molecule has 0 fully saturated rings. The van der Waals surface area contributed by atoms with Gasteiger partial charge in [0.05, 0.1) is 23.1 Å². The molecule has 0 aromatic heterocycles. The van der Waals surface area contributed by atoms with Crippen LogP contribution < -0.4 is 5.32 Å². The monoisotopic (exact) mass is 352 g/mol. The third-order valence-corrected chi connectivity index (χ3v) is 3.65. The zero-order valence-corrected chi connectivity index (χ0v) is 14.0. The van der Waals surface area contributed by atoms with E-state index in [-0.39, 0.29) is 23.7 Å². The molecule has 26 heavy (non-hydrogen) atoms. The third kappa shape index (κ3) is 4.88. The zero-order valence-electron chi connectivity index (χ0n) is 14.0. The largest absolute Gasteiger partial charge is 0.343 e. The van der Waals surface area contributed by atoms with E-state index in [0.29, 0.717) is 12.1 Å². The highest BCUT2D eigenvalue weighted by atomic mass is 16.6. The fourth-order valence-electron chi connectivity index (χ4n) is 2.20. The van der Waals surface area contributed by atoms with Crippen LogP contribution in [-0.2, 0) is 11.3 Å². The fraction of sp³-hybridized carbons (Fsp3) is 0.167. The van der Waals surface area contributed by atoms with Gasteiger partial charge in [-0.25, -0.2) is 0 Å². The first-order chi connectivity index (χ1) is 12.4. The Bertz CT molecular complexity index is 872. The average Bonchev–Trinajstić information content (AvgIpc) is 2.66. The van der Waals surface area contributed by atoms with Crippen LogP contribution in [0.3, 0.4) is 0 Å². The molecule has 2 amide bonds. The number of likely N-dealkylation sites (N-methyl/N-ethyl adjacent to an activating group) is 1. The first-order valence-corrected chi connectivity index (χ1v) is 7.66. The van der Waals surface area contributed by atoms with Gasteiger partial charge >= 0.3 is 0 Å². The van der Waals surface area contributed by atoms with E-state index in [1.165, 1.54) is 23.1 Å². The highest BCUT2D eigenvalue weighted by Gasteiger charge is 2.14. The Balaban J connectivity index is 1.90. The van der Waals surface area contributed by atoms with Crippen LogP contribution in [0.5, 0.6) is 0 Å². The van der Waals surface area contributed by atoms with Gasteiger partial charge in [-0.05, 0) is 23.8 Å². The number of nitro benzene ring substituents is 1. The molecule has 0 aliphatic rings. The number of carbonyl (C=O) groups excluding carboxylic acids is 2. The van der Waals surface area contributed by atoms with Gasteiger partial charge in [-0.1, -0.05) is 18.2 Å². The summed E-state index contributed by atoms with van der Waals surface area (Å²) in [6, 6.07) is 14.1. The van der Waals surface area contributed by atoms with Gasteiger partial charge in [0.2, 0.25) is 5.91 Å². The van der Waals surface area contributed by atoms with Crippen molar-refractivity contribution in [2.24, 2.45) is 0 Å². The van der Waals surface area contributed by atoms with E-state index in [9.17, 15) is 19.7 Å². The number of nitrogens with zero attached hydrogens (tertiary/aromatic N) is 3. The van der Waals surface area contributed by atoms with Crippen molar-refractivity contribution in [1.82, 2.24) is 10.2 Å². The average molecular weight is 352 g/mol. The summed E-state index contributed by atoms with van der Waals surface area (Å²) in [5.41, 5.74) is 1.31. The number of non-ortho nitro benzene ring substituents is 1. The summed E-state index contributed by atoms with van der Waals surface area (Å²) in [5.74, 6) is -0.873. The molecule has 0 saturated carbocycles. The molecule has 2 aromatic carbocycles. The maximum Gasteiger partial charge on any atom is 0.270 e. The molecule has 0 unspecified atom stereocenters. The van der Waals surface area contributed by atoms with E-state index in [2.05, 4.69) is 5.32 Å². The minimum absolute atomic E-state index is 0.113. The topological polar surface area (TPSA) is 116 Å². The van der Waals surface area contributed by atoms with Crippen LogP contribution in [0.2, 0.25) is 0 Å². The Morgan fingerprint density at radius 2 is 1.92 bits per heavy atom. The zero-order chi connectivity index (χ0) is 19.1. The fourth-order valence-corrected chi connectivity index (χ4v) is 2.20. The number of nitrogens with one attached hydrogen (secondary N) is 1. The van der Waals surface area contributed by atoms with Crippen molar-refractivity contribution in [3.63, 3.8) is 0 Å². The molecule has 2 aromatic rings. The van der Waals surface area contributed by atoms with Crippen molar-refractivity contribution in [3.05, 3.63) is 75.3 Å². The van der Waals surface area contributed by atoms with E-state index < -0.39 is 10.8 Å². The predicted octanol–water partition coefficient (Wildman–Crippen LogP) is 1.85. The molecule has 0 aliphatic carbocycles. The first kappa shape index (κ1) is 18.6. The molecule has 0 spiro atoms. The molecule has 0 heterocycles. The molecule has 8 heteroatoms. The lowest BCUT2D eigenvalue weighted by Gasteiger charge is -2.17. The number of hydrogen-bond donors (Lipinski definition) is 1. The van der Waals surface area contributed by atoms with Crippen molar-refractivity contribution in [1.29, 1.82) is 5.26 Å². The standard InChI is InChI=1S/C18H16N4O4/c1-21(12-14-7-5-13(10-19)6-8-14)17(23)11-20-18(24)15-3-2-4-16(9-15)22(25)26/h2-9H,11-12H2,1H3,(H,20,24). The van der Waals surface area contributed by atoms with Gasteiger partial charge < -0.3 is 10.2 Å². The molecular weight excluding hydrogens is 336 g/mol. The van der Waals surface area contributed by atoms with Crippen molar-refractivity contribution in [2.75, 3.05) is 13.6 Å². The van der Waals surface area contributed by atoms with Gasteiger partial charge in [0.15, 0.2) is 0 Å². The van der Waals surface area contributed by atoms with Crippen LogP contribution in [0.1, 0.15) is 21.5 Å². The van der Waals surface area contributed by atoms with Crippen LogP contribution in [-0.4, -0.2) is 35.2 Å². The van der Waals surface area contributed by atoms with Crippen molar-refractivity contribution < 1.29 is 14.5 Å². The lowest BCUT2D eigenvalue weighted by Crippen LogP contribution is -2.37. The van der Waals surface area contributed by atoms with Crippen LogP contribution in [0, 0.1) is 21.4 Å². The summed E-state index contributed by atoms with van der Waals surface area (Å²) in [5, 5.41) is 22.0. The normalized spacial score (nSPS) is 9.85. The van der Waals surface area contributed by atoms with Gasteiger partial charge in [0.25, 0.3) is 11.6 Å². The minimum atomic E-state index is -0.590. The van der Waals surface area contributed by atoms with Crippen LogP contribution >= 0.6 is 0 Å². The summed E-state index contributed by atoms with van der Waals surface area (Å²) in [4.78, 5) is 35.8. The quantitative estimate of drug-likeness (QED) is 0.629. The Hall–Kier alpha value is -3.73. The molecule has 0 saturated heterocycles. The molecule has 132 valence electrons. The number of carbonyl (C=O) groups is 2. The summed E-state index contributed by atoms with van der Waals surface area (Å²) in [7, 11) is 1.60. The predicted molar refractivity (Wildman–Crippen MR) is 93.1 cm³/mol. The van der Waals surface area contributed by atoms with E-state index >= 15 is 0 Å². The van der Waals surface area contributed by atoms with Crippen LogP contribution in [0.25, 0.3) is 0 Å². The number of amides is 2. The van der Waals surface area contributed by atoms with Crippen LogP contribution in [0.4, 0.5) is 5.69 Å². The van der Waals surface area contributed by atoms with E-state index in [4.69, 9.17) is 5.26 Å². The van der Waals surface area contributed by atoms with Gasteiger partial charge in [-0.2, -0.15) is 5.26 Å². The number of hydrogen-bond acceptors (Lipinski definition) is 5. The lowest BCUT2D eigenvalue weighted by molar-refractivity contribution is -0.384. The molecule has 1 N–H and O–H groups in total. The smallest absolute Gasteiger partial charge is 0.270 e. The van der Waals surface area contributed by atoms with Gasteiger partial charge in [0, 0.05) is 31.3 Å². The Morgan fingerprint density at radius 3 is 2.54 bits per heavy atom. The Labute approximate surface area is 149 Å². The second-order valence-electron chi connectivity index (χ2n) is 5.55. The van der Waals surface area contributed by atoms with Crippen molar-refractivity contribution in [3.8, 4) is 6.07 Å². The number of rotatable bonds is 6. The molecule has 8 nitrogen and oxygen atoms in total. The molecule has 0 radical (unpaired) electrons. The summed E-state index contributed by atoms with van der Waals surface area (Å²) in [6.45, 7) is 0.103. The minimum Gasteiger partial charge on any atom is -0.343 e. The molecule has 0 bridgehead atoms. The second kappa shape index (κ2) is 8.39. The number of nitro groups is 1. The van der Waals surface area contributed by atoms with E-state index in [0.717, 1.165) is 11.6 Å². The number of nitriles is 1. The molecule has 2 rings (SSSR count). The van der Waals surface area contributed by atoms with Gasteiger partial charge in [-0.3, -0.25) is 19.7 Å². The SMILES string of the molecule is CN(Cc1ccc(C#N)cc1)C(=O)CNC(=O)c1cccc([N+](=O)[O-])c1. The second-order valence-corrected chi connectivity index (χ2v) is 5.55. The Morgan fingerprint density at radius 1 is 1.23 bits per heavy atom. The van der Waals surface area contributed by atoms with E-state index in [1.54, 1.807) is 31.3 Å². The highest BCUT2D eigenvalue weighted by molar-refractivity contribution is 5.96. The first-order valence-electron chi connectivity index (χ1n) is 7.66. The maximum atomic E-state index is 12.1. The van der Waals surface area contributed by atoms with Crippen LogP contribution in [0.15, 0.2) is 48.5 Å². The van der Waals surface area contributed by atoms with Gasteiger partial charge in [-0.15, -0.1) is 0 Å². The molecular formula is C18H16N4O4. The maximum absolute atomic E-state index is 12.1. The Kier molecular flexibility index (Phi) is 6.01. The van der Waals surface area contributed by atoms with E-state index in [1.807, 2.05) is 6.07 Å². The third-order valence-electron chi connectivity index (χ3n) is 3.65.